The van der Waals surface area contributed by atoms with Crippen LogP contribution in [-0.2, 0) is 23.9 Å². The van der Waals surface area contributed by atoms with Crippen molar-refractivity contribution in [3.8, 4) is 0 Å². The summed E-state index contributed by atoms with van der Waals surface area (Å²) in [5.74, 6) is 2.32. The van der Waals surface area contributed by atoms with Gasteiger partial charge in [-0.05, 0) is 138 Å². The minimum Gasteiger partial charge on any atom is -0.326 e. The van der Waals surface area contributed by atoms with E-state index in [1.807, 2.05) is 0 Å². The number of nitrogens with zero attached hydrogens (tertiary/aromatic N) is 3. The van der Waals surface area contributed by atoms with Crippen LogP contribution in [0.1, 0.15) is 87.7 Å². The molecule has 1 saturated carbocycles. The smallest absolute Gasteiger partial charge is 0.248 e. The number of hydrogen-bond donors (Lipinski definition) is 2. The number of piperidine rings is 2. The molecule has 2 aromatic rings. The molecule has 0 spiro atoms. The van der Waals surface area contributed by atoms with Crippen LogP contribution in [-0.4, -0.2) is 70.0 Å². The normalized spacial score (nSPS) is 35.0. The number of H-pyrrole nitrogens is 2. The molecule has 2 N–H and O–H groups in total. The summed E-state index contributed by atoms with van der Waals surface area (Å²) in [5, 5.41) is 0. The van der Waals surface area contributed by atoms with Crippen LogP contribution in [0.15, 0.2) is 57.2 Å². The standard InChI is InChI=1S/C39H51N5O2/c1-25-19-27-21-34-32(9-11-36(45)40-34)38(23-25)30(27)5-3-13-43(38)17-15-42(29-7-8-29)16-18-44-14-4-6-31-28-20-26(2)24-39(31,44)33-10-12-37(46)41-35(33)22-28/h9-12,19-20,27-31H,3-8,13-18,21-24H2,1-2H3,(H,40,45)(H,41,46)/t27-,28-,30+,31+,38+,39+/m0/s1. The van der Waals surface area contributed by atoms with Crippen LogP contribution in [0.5, 0.6) is 0 Å². The Kier molecular flexibility index (Phi) is 6.96. The second-order valence-electron chi connectivity index (χ2n) is 16.1. The van der Waals surface area contributed by atoms with E-state index in [0.29, 0.717) is 29.7 Å². The van der Waals surface area contributed by atoms with E-state index in [2.05, 4.69) is 62.8 Å². The summed E-state index contributed by atoms with van der Waals surface area (Å²) in [7, 11) is 0. The highest BCUT2D eigenvalue weighted by molar-refractivity contribution is 5.41. The minimum absolute atomic E-state index is 0.0114. The van der Waals surface area contributed by atoms with Crippen molar-refractivity contribution in [2.45, 2.75) is 95.2 Å². The number of fused-ring (bicyclic) bond motifs is 2. The fourth-order valence-electron chi connectivity index (χ4n) is 11.9. The Hall–Kier alpha value is -2.74. The zero-order valence-corrected chi connectivity index (χ0v) is 27.8. The van der Waals surface area contributed by atoms with E-state index in [0.717, 1.165) is 65.0 Å². The topological polar surface area (TPSA) is 75.4 Å². The van der Waals surface area contributed by atoms with E-state index >= 15 is 0 Å². The molecule has 4 heterocycles. The molecular formula is C39H51N5O2. The first-order valence-corrected chi connectivity index (χ1v) is 18.4. The van der Waals surface area contributed by atoms with Gasteiger partial charge in [0.1, 0.15) is 0 Å². The van der Waals surface area contributed by atoms with Crippen molar-refractivity contribution in [1.29, 1.82) is 0 Å². The van der Waals surface area contributed by atoms with Gasteiger partial charge < -0.3 is 9.97 Å². The SMILES string of the molecule is CC1=C[C@H]2Cc3[nH]c(=O)ccc3[C@@]3(C1)[C@@H]2CCCN3CCN(CCN1CCC[C@@H]2[C@H]3C=C(C)C[C@]21c1ccc(=O)[nH]c1C3)C1CC1. The van der Waals surface area contributed by atoms with Gasteiger partial charge in [0.25, 0.3) is 0 Å². The number of hydrogen-bond acceptors (Lipinski definition) is 5. The van der Waals surface area contributed by atoms with Gasteiger partial charge in [-0.3, -0.25) is 24.3 Å². The van der Waals surface area contributed by atoms with E-state index < -0.39 is 0 Å². The zero-order chi connectivity index (χ0) is 31.2. The van der Waals surface area contributed by atoms with Crippen molar-refractivity contribution in [2.75, 3.05) is 39.3 Å². The number of pyridine rings is 2. The lowest BCUT2D eigenvalue weighted by atomic mass is 9.56. The maximum atomic E-state index is 12.4. The molecule has 4 bridgehead atoms. The molecule has 244 valence electrons. The molecule has 7 heteroatoms. The first-order valence-electron chi connectivity index (χ1n) is 18.4. The highest BCUT2D eigenvalue weighted by Gasteiger charge is 2.57. The number of likely N-dealkylation sites (tertiary alicyclic amines) is 2. The Morgan fingerprint density at radius 2 is 1.20 bits per heavy atom. The molecule has 2 aliphatic heterocycles. The lowest BCUT2D eigenvalue weighted by molar-refractivity contribution is -0.0570. The monoisotopic (exact) mass is 621 g/mol. The molecule has 6 atom stereocenters. The fourth-order valence-corrected chi connectivity index (χ4v) is 11.9. The average Bonchev–Trinajstić information content (AvgIpc) is 3.86. The van der Waals surface area contributed by atoms with Crippen molar-refractivity contribution >= 4 is 0 Å². The van der Waals surface area contributed by atoms with Crippen LogP contribution in [0, 0.1) is 23.7 Å². The number of aromatic amines is 2. The third-order valence-electron chi connectivity index (χ3n) is 13.6. The van der Waals surface area contributed by atoms with E-state index in [-0.39, 0.29) is 22.2 Å². The second kappa shape index (κ2) is 10.9. The van der Waals surface area contributed by atoms with Gasteiger partial charge in [0.05, 0.1) is 11.1 Å². The maximum absolute atomic E-state index is 12.4. The van der Waals surface area contributed by atoms with Gasteiger partial charge in [0, 0.05) is 55.7 Å². The molecule has 0 unspecified atom stereocenters. The van der Waals surface area contributed by atoms with Crippen molar-refractivity contribution in [1.82, 2.24) is 24.7 Å². The third kappa shape index (κ3) is 4.47. The number of aromatic nitrogens is 2. The summed E-state index contributed by atoms with van der Waals surface area (Å²) >= 11 is 0. The molecule has 0 radical (unpaired) electrons. The Labute approximate surface area is 273 Å². The number of allylic oxidation sites excluding steroid dienone is 2. The van der Waals surface area contributed by atoms with Crippen molar-refractivity contribution in [3.05, 3.63) is 90.8 Å². The van der Waals surface area contributed by atoms with Crippen molar-refractivity contribution in [2.24, 2.45) is 23.7 Å². The van der Waals surface area contributed by atoms with Crippen molar-refractivity contribution < 1.29 is 0 Å². The summed E-state index contributed by atoms with van der Waals surface area (Å²) in [6.45, 7) is 11.4. The number of nitrogens with one attached hydrogen (secondary N) is 2. The fraction of sp³-hybridized carbons (Fsp3) is 0.641. The molecule has 7 aliphatic rings. The molecule has 3 fully saturated rings. The predicted octanol–water partition coefficient (Wildman–Crippen LogP) is 5.09. The summed E-state index contributed by atoms with van der Waals surface area (Å²) in [4.78, 5) is 39.9. The molecule has 5 aliphatic carbocycles. The molecule has 9 rings (SSSR count). The van der Waals surface area contributed by atoms with Crippen LogP contribution in [0.25, 0.3) is 0 Å². The quantitative estimate of drug-likeness (QED) is 0.422. The van der Waals surface area contributed by atoms with Crippen LogP contribution >= 0.6 is 0 Å². The summed E-state index contributed by atoms with van der Waals surface area (Å²) < 4.78 is 0. The van der Waals surface area contributed by atoms with E-state index in [1.54, 1.807) is 12.1 Å². The van der Waals surface area contributed by atoms with Gasteiger partial charge in [-0.25, -0.2) is 0 Å². The second-order valence-corrected chi connectivity index (χ2v) is 16.1. The summed E-state index contributed by atoms with van der Waals surface area (Å²) in [6, 6.07) is 8.63. The molecule has 46 heavy (non-hydrogen) atoms. The van der Waals surface area contributed by atoms with Crippen LogP contribution in [0.2, 0.25) is 0 Å². The highest BCUT2D eigenvalue weighted by atomic mass is 16.1. The molecular weight excluding hydrogens is 570 g/mol. The van der Waals surface area contributed by atoms with Gasteiger partial charge in [-0.1, -0.05) is 23.3 Å². The van der Waals surface area contributed by atoms with Gasteiger partial charge in [0.2, 0.25) is 11.1 Å². The zero-order valence-electron chi connectivity index (χ0n) is 27.8. The Morgan fingerprint density at radius 3 is 1.65 bits per heavy atom. The average molecular weight is 622 g/mol. The lowest BCUT2D eigenvalue weighted by Gasteiger charge is -2.60. The van der Waals surface area contributed by atoms with Crippen LogP contribution in [0.3, 0.4) is 0 Å². The van der Waals surface area contributed by atoms with Gasteiger partial charge in [-0.2, -0.15) is 0 Å². The highest BCUT2D eigenvalue weighted by Crippen LogP contribution is 2.58. The summed E-state index contributed by atoms with van der Waals surface area (Å²) in [5.41, 5.74) is 8.32. The number of rotatable bonds is 7. The van der Waals surface area contributed by atoms with Gasteiger partial charge >= 0.3 is 0 Å². The molecule has 0 amide bonds. The largest absolute Gasteiger partial charge is 0.326 e. The Morgan fingerprint density at radius 1 is 0.717 bits per heavy atom. The van der Waals surface area contributed by atoms with E-state index in [9.17, 15) is 9.59 Å². The minimum atomic E-state index is 0.0114. The summed E-state index contributed by atoms with van der Waals surface area (Å²) in [6.07, 6.45) is 17.0. The molecule has 7 nitrogen and oxygen atoms in total. The first-order chi connectivity index (χ1) is 22.3. The Bertz CT molecular complexity index is 1600. The Balaban J connectivity index is 0.983. The molecule has 2 saturated heterocycles. The van der Waals surface area contributed by atoms with E-state index in [1.165, 1.54) is 72.2 Å². The predicted molar refractivity (Wildman–Crippen MR) is 182 cm³/mol. The first kappa shape index (κ1) is 29.4. The molecule has 0 aromatic carbocycles. The third-order valence-corrected chi connectivity index (χ3v) is 13.6. The maximum Gasteiger partial charge on any atom is 0.248 e. The van der Waals surface area contributed by atoms with Gasteiger partial charge in [0.15, 0.2) is 0 Å². The van der Waals surface area contributed by atoms with Crippen molar-refractivity contribution in [3.63, 3.8) is 0 Å². The molecule has 2 aromatic heterocycles. The van der Waals surface area contributed by atoms with Crippen LogP contribution in [0.4, 0.5) is 0 Å². The van der Waals surface area contributed by atoms with Gasteiger partial charge in [-0.15, -0.1) is 0 Å². The lowest BCUT2D eigenvalue weighted by Crippen LogP contribution is -2.62. The van der Waals surface area contributed by atoms with E-state index in [4.69, 9.17) is 0 Å². The van der Waals surface area contributed by atoms with Crippen LogP contribution < -0.4 is 11.1 Å².